The van der Waals surface area contributed by atoms with Crippen molar-refractivity contribution in [3.05, 3.63) is 35.2 Å². The molecule has 0 fully saturated rings. The van der Waals surface area contributed by atoms with Gasteiger partial charge in [-0.05, 0) is 19.6 Å². The molecule has 0 saturated carbocycles. The summed E-state index contributed by atoms with van der Waals surface area (Å²) in [6.45, 7) is 1.86. The van der Waals surface area contributed by atoms with Crippen molar-refractivity contribution in [3.8, 4) is 11.3 Å². The first-order valence-electron chi connectivity index (χ1n) is 8.01. The van der Waals surface area contributed by atoms with E-state index in [0.29, 0.717) is 25.9 Å². The molecular formula is C18H18BrN3O2S2. The number of hydrogen-bond donors (Lipinski definition) is 1. The van der Waals surface area contributed by atoms with Crippen LogP contribution in [0.15, 0.2) is 35.5 Å². The van der Waals surface area contributed by atoms with Crippen LogP contribution < -0.4 is 5.73 Å². The molecule has 2 N–H and O–H groups in total. The van der Waals surface area contributed by atoms with Gasteiger partial charge < -0.3 is 10.5 Å². The largest absolute Gasteiger partial charge is 0.458 e. The minimum atomic E-state index is -0.413. The summed E-state index contributed by atoms with van der Waals surface area (Å²) in [5.41, 5.74) is 8.39. The summed E-state index contributed by atoms with van der Waals surface area (Å²) in [7, 11) is 0. The smallest absolute Gasteiger partial charge is 0.350 e. The Bertz CT molecular complexity index is 931. The predicted molar refractivity (Wildman–Crippen MR) is 112 cm³/mol. The summed E-state index contributed by atoms with van der Waals surface area (Å²) in [6, 6.07) is 9.78. The molecule has 0 saturated heterocycles. The lowest BCUT2D eigenvalue weighted by atomic mass is 10.1. The predicted octanol–water partition coefficient (Wildman–Crippen LogP) is 4.99. The van der Waals surface area contributed by atoms with Crippen LogP contribution in [0.5, 0.6) is 0 Å². The van der Waals surface area contributed by atoms with E-state index in [1.807, 2.05) is 43.5 Å². The van der Waals surface area contributed by atoms with Crippen LogP contribution >= 0.6 is 39.0 Å². The Labute approximate surface area is 168 Å². The summed E-state index contributed by atoms with van der Waals surface area (Å²) in [5.74, 6) is -0.413. The number of alkyl halides is 1. The van der Waals surface area contributed by atoms with Crippen LogP contribution in [-0.4, -0.2) is 33.6 Å². The van der Waals surface area contributed by atoms with E-state index in [2.05, 4.69) is 25.9 Å². The molecule has 8 heteroatoms. The normalized spacial score (nSPS) is 12.3. The molecule has 136 valence electrons. The van der Waals surface area contributed by atoms with Gasteiger partial charge in [-0.3, -0.25) is 0 Å². The quantitative estimate of drug-likeness (QED) is 0.246. The maximum atomic E-state index is 12.6. The van der Waals surface area contributed by atoms with E-state index in [9.17, 15) is 4.79 Å². The Morgan fingerprint density at radius 2 is 2.08 bits per heavy atom. The van der Waals surface area contributed by atoms with Crippen molar-refractivity contribution in [2.45, 2.75) is 24.6 Å². The number of rotatable bonds is 6. The van der Waals surface area contributed by atoms with Crippen LogP contribution in [-0.2, 0) is 4.74 Å². The first-order chi connectivity index (χ1) is 12.5. The average molecular weight is 452 g/mol. The summed E-state index contributed by atoms with van der Waals surface area (Å²) in [6.07, 6.45) is 2.47. The number of carbonyl (C=O) groups is 1. The zero-order chi connectivity index (χ0) is 18.7. The average Bonchev–Trinajstić information content (AvgIpc) is 2.98. The van der Waals surface area contributed by atoms with Crippen molar-refractivity contribution in [2.75, 3.05) is 17.3 Å². The van der Waals surface area contributed by atoms with Crippen molar-refractivity contribution in [1.29, 1.82) is 0 Å². The minimum absolute atomic E-state index is 0.187. The summed E-state index contributed by atoms with van der Waals surface area (Å²) < 4.78 is 5.50. The molecule has 0 aliphatic heterocycles. The number of thioether (sulfide) groups is 1. The Balaban J connectivity index is 2.12. The van der Waals surface area contributed by atoms with Gasteiger partial charge in [0.25, 0.3) is 0 Å². The van der Waals surface area contributed by atoms with Crippen LogP contribution in [0.25, 0.3) is 21.5 Å². The van der Waals surface area contributed by atoms with Crippen LogP contribution in [0, 0.1) is 0 Å². The van der Waals surface area contributed by atoms with Gasteiger partial charge in [0.05, 0.1) is 16.8 Å². The SMILES string of the molecule is CSc1nc(-c2ccccc2)c2c(N)c(C(=O)OC(C)CCBr)sc2n1. The van der Waals surface area contributed by atoms with E-state index in [4.69, 9.17) is 10.5 Å². The highest BCUT2D eigenvalue weighted by atomic mass is 79.9. The molecule has 0 aliphatic rings. The van der Waals surface area contributed by atoms with Crippen LogP contribution in [0.3, 0.4) is 0 Å². The molecule has 3 aromatic rings. The number of hydrogen-bond acceptors (Lipinski definition) is 7. The summed E-state index contributed by atoms with van der Waals surface area (Å²) in [5, 5.41) is 2.12. The number of nitrogens with zero attached hydrogens (tertiary/aromatic N) is 2. The Morgan fingerprint density at radius 1 is 1.35 bits per heavy atom. The highest BCUT2D eigenvalue weighted by molar-refractivity contribution is 9.09. The number of anilines is 1. The Kier molecular flexibility index (Phi) is 6.16. The first kappa shape index (κ1) is 19.1. The first-order valence-corrected chi connectivity index (χ1v) is 11.2. The van der Waals surface area contributed by atoms with Gasteiger partial charge in [-0.1, -0.05) is 58.0 Å². The lowest BCUT2D eigenvalue weighted by Gasteiger charge is -2.11. The third kappa shape index (κ3) is 3.87. The fraction of sp³-hybridized carbons (Fsp3) is 0.278. The highest BCUT2D eigenvalue weighted by Gasteiger charge is 2.24. The monoisotopic (exact) mass is 451 g/mol. The lowest BCUT2D eigenvalue weighted by Crippen LogP contribution is -2.15. The summed E-state index contributed by atoms with van der Waals surface area (Å²) >= 11 is 6.07. The number of benzene rings is 1. The van der Waals surface area contributed by atoms with E-state index < -0.39 is 5.97 Å². The second-order valence-corrected chi connectivity index (χ2v) is 8.21. The van der Waals surface area contributed by atoms with Gasteiger partial charge in [0.1, 0.15) is 15.8 Å². The standard InChI is InChI=1S/C18H18BrN3O2S2/c1-10(8-9-19)24-17(23)15-13(20)12-14(11-6-4-3-5-7-11)21-18(25-2)22-16(12)26-15/h3-7,10H,8-9,20H2,1-2H3. The molecule has 0 amide bonds. The van der Waals surface area contributed by atoms with Crippen molar-refractivity contribution in [1.82, 2.24) is 9.97 Å². The van der Waals surface area contributed by atoms with Crippen molar-refractivity contribution >= 4 is 60.9 Å². The fourth-order valence-electron chi connectivity index (χ4n) is 2.50. The Morgan fingerprint density at radius 3 is 2.73 bits per heavy atom. The second-order valence-electron chi connectivity index (χ2n) is 5.64. The maximum Gasteiger partial charge on any atom is 0.350 e. The number of esters is 1. The fourth-order valence-corrected chi connectivity index (χ4v) is 4.54. The van der Waals surface area contributed by atoms with Crippen molar-refractivity contribution < 1.29 is 9.53 Å². The number of nitrogens with two attached hydrogens (primary N) is 1. The van der Waals surface area contributed by atoms with E-state index >= 15 is 0 Å². The molecule has 0 bridgehead atoms. The lowest BCUT2D eigenvalue weighted by molar-refractivity contribution is 0.0344. The molecule has 0 spiro atoms. The molecule has 1 unspecified atom stereocenters. The Hall–Kier alpha value is -1.64. The van der Waals surface area contributed by atoms with Crippen LogP contribution in [0.2, 0.25) is 0 Å². The molecular weight excluding hydrogens is 434 g/mol. The van der Waals surface area contributed by atoms with Gasteiger partial charge in [-0.2, -0.15) is 0 Å². The zero-order valence-corrected chi connectivity index (χ0v) is 17.6. The number of fused-ring (bicyclic) bond motifs is 1. The third-order valence-corrected chi connectivity index (χ3v) is 5.89. The summed E-state index contributed by atoms with van der Waals surface area (Å²) in [4.78, 5) is 22.8. The minimum Gasteiger partial charge on any atom is -0.458 e. The van der Waals surface area contributed by atoms with E-state index in [1.165, 1.54) is 23.1 Å². The zero-order valence-electron chi connectivity index (χ0n) is 14.4. The molecule has 5 nitrogen and oxygen atoms in total. The van der Waals surface area contributed by atoms with Gasteiger partial charge in [-0.15, -0.1) is 11.3 Å². The van der Waals surface area contributed by atoms with Gasteiger partial charge in [0.15, 0.2) is 5.16 Å². The number of aromatic nitrogens is 2. The molecule has 1 aromatic carbocycles. The molecule has 2 aromatic heterocycles. The molecule has 0 aliphatic carbocycles. The van der Waals surface area contributed by atoms with Gasteiger partial charge in [0, 0.05) is 10.9 Å². The molecule has 1 atom stereocenters. The van der Waals surface area contributed by atoms with E-state index in [1.54, 1.807) is 0 Å². The molecule has 3 rings (SSSR count). The molecule has 2 heterocycles. The number of thiophene rings is 1. The van der Waals surface area contributed by atoms with Gasteiger partial charge in [0.2, 0.25) is 0 Å². The number of carbonyl (C=O) groups excluding carboxylic acids is 1. The van der Waals surface area contributed by atoms with Crippen molar-refractivity contribution in [3.63, 3.8) is 0 Å². The van der Waals surface area contributed by atoms with Gasteiger partial charge >= 0.3 is 5.97 Å². The number of nitrogen functional groups attached to an aromatic ring is 1. The number of ether oxygens (including phenoxy) is 1. The highest BCUT2D eigenvalue weighted by Crippen LogP contribution is 2.39. The maximum absolute atomic E-state index is 12.6. The molecule has 26 heavy (non-hydrogen) atoms. The second kappa shape index (κ2) is 8.37. The third-order valence-electron chi connectivity index (χ3n) is 3.81. The van der Waals surface area contributed by atoms with Crippen LogP contribution in [0.1, 0.15) is 23.0 Å². The topological polar surface area (TPSA) is 78.1 Å². The molecule has 0 radical (unpaired) electrons. The van der Waals surface area contributed by atoms with Crippen LogP contribution in [0.4, 0.5) is 5.69 Å². The van der Waals surface area contributed by atoms with E-state index in [0.717, 1.165) is 23.0 Å². The van der Waals surface area contributed by atoms with Crippen molar-refractivity contribution in [2.24, 2.45) is 0 Å². The number of halogens is 1. The van der Waals surface area contributed by atoms with Gasteiger partial charge in [-0.25, -0.2) is 14.8 Å². The van der Waals surface area contributed by atoms with E-state index in [-0.39, 0.29) is 6.10 Å².